The van der Waals surface area contributed by atoms with Gasteiger partial charge < -0.3 is 27.9 Å². The Kier molecular flexibility index (Phi) is 51.0. The van der Waals surface area contributed by atoms with Crippen LogP contribution in [-0.4, -0.2) is 70.0 Å². The first-order chi connectivity index (χ1) is 35.0. The zero-order valence-electron chi connectivity index (χ0n) is 47.1. The van der Waals surface area contributed by atoms with Gasteiger partial charge in [0.2, 0.25) is 0 Å². The summed E-state index contributed by atoms with van der Waals surface area (Å²) in [7, 11) is 1.15. The predicted octanol–water partition coefficient (Wildman–Crippen LogP) is 17.6. The number of phosphoric acid groups is 1. The highest BCUT2D eigenvalue weighted by molar-refractivity contribution is 7.45. The van der Waals surface area contributed by atoms with Crippen molar-refractivity contribution in [2.45, 2.75) is 251 Å². The molecule has 72 heavy (non-hydrogen) atoms. The summed E-state index contributed by atoms with van der Waals surface area (Å²) >= 11 is 0. The summed E-state index contributed by atoms with van der Waals surface area (Å²) in [4.78, 5) is 37.9. The molecule has 2 unspecified atom stereocenters. The topological polar surface area (TPSA) is 111 Å². The van der Waals surface area contributed by atoms with Gasteiger partial charge in [0.25, 0.3) is 7.82 Å². The molecule has 0 rings (SSSR count). The summed E-state index contributed by atoms with van der Waals surface area (Å²) in [5.74, 6) is -0.847. The van der Waals surface area contributed by atoms with Crippen LogP contribution >= 0.6 is 7.82 Å². The van der Waals surface area contributed by atoms with Gasteiger partial charge in [0.15, 0.2) is 6.10 Å². The van der Waals surface area contributed by atoms with Gasteiger partial charge in [-0.2, -0.15) is 0 Å². The Balaban J connectivity index is 4.18. The van der Waals surface area contributed by atoms with Crippen LogP contribution in [0.15, 0.2) is 85.1 Å². The lowest BCUT2D eigenvalue weighted by Crippen LogP contribution is -2.37. The lowest BCUT2D eigenvalue weighted by atomic mass is 10.0. The molecule has 0 fully saturated rings. The summed E-state index contributed by atoms with van der Waals surface area (Å²) < 4.78 is 34.2. The highest BCUT2D eigenvalue weighted by atomic mass is 31.2. The van der Waals surface area contributed by atoms with E-state index in [4.69, 9.17) is 18.5 Å². The summed E-state index contributed by atoms with van der Waals surface area (Å²) in [6.45, 7) is 4.11. The predicted molar refractivity (Wildman–Crippen MR) is 305 cm³/mol. The highest BCUT2D eigenvalue weighted by Gasteiger charge is 2.22. The van der Waals surface area contributed by atoms with Crippen molar-refractivity contribution in [2.75, 3.05) is 47.5 Å². The molecule has 0 bridgehead atoms. The van der Waals surface area contributed by atoms with Gasteiger partial charge in [-0.25, -0.2) is 0 Å². The fraction of sp³-hybridized carbons (Fsp3) is 0.742. The number of quaternary nitrogens is 1. The van der Waals surface area contributed by atoms with Gasteiger partial charge in [-0.1, -0.05) is 227 Å². The zero-order valence-corrected chi connectivity index (χ0v) is 48.0. The Morgan fingerprint density at radius 3 is 1.18 bits per heavy atom. The Labute approximate surface area is 443 Å². The van der Waals surface area contributed by atoms with Gasteiger partial charge >= 0.3 is 11.9 Å². The molecular weight excluding hydrogens is 918 g/mol. The number of hydrogen-bond donors (Lipinski definition) is 0. The van der Waals surface area contributed by atoms with E-state index in [1.165, 1.54) is 122 Å². The van der Waals surface area contributed by atoms with Crippen LogP contribution in [0.5, 0.6) is 0 Å². The molecule has 0 saturated carbocycles. The molecule has 0 saturated heterocycles. The minimum atomic E-state index is -4.64. The van der Waals surface area contributed by atoms with Crippen LogP contribution in [0.2, 0.25) is 0 Å². The number of esters is 2. The second-order valence-electron chi connectivity index (χ2n) is 20.6. The molecule has 9 nitrogen and oxygen atoms in total. The van der Waals surface area contributed by atoms with Crippen LogP contribution < -0.4 is 4.89 Å². The van der Waals surface area contributed by atoms with Gasteiger partial charge in [-0.3, -0.25) is 14.2 Å². The van der Waals surface area contributed by atoms with E-state index in [0.29, 0.717) is 23.9 Å². The van der Waals surface area contributed by atoms with Gasteiger partial charge in [0, 0.05) is 12.8 Å². The molecule has 0 amide bonds. The molecule has 0 heterocycles. The second kappa shape index (κ2) is 53.0. The fourth-order valence-corrected chi connectivity index (χ4v) is 8.62. The quantitative estimate of drug-likeness (QED) is 0.0195. The molecule has 0 aromatic rings. The van der Waals surface area contributed by atoms with Crippen LogP contribution in [0.4, 0.5) is 0 Å². The fourth-order valence-electron chi connectivity index (χ4n) is 7.89. The van der Waals surface area contributed by atoms with E-state index in [0.717, 1.165) is 83.5 Å². The normalized spacial score (nSPS) is 13.9. The number of rotatable bonds is 53. The highest BCUT2D eigenvalue weighted by Crippen LogP contribution is 2.38. The van der Waals surface area contributed by atoms with E-state index in [1.807, 2.05) is 21.1 Å². The van der Waals surface area contributed by atoms with Crippen LogP contribution in [0.25, 0.3) is 0 Å². The van der Waals surface area contributed by atoms with E-state index in [2.05, 4.69) is 98.9 Å². The van der Waals surface area contributed by atoms with Crippen LogP contribution in [0, 0.1) is 0 Å². The Bertz CT molecular complexity index is 1490. The molecule has 0 aliphatic carbocycles. The summed E-state index contributed by atoms with van der Waals surface area (Å²) in [5, 5.41) is 0. The third-order valence-electron chi connectivity index (χ3n) is 12.4. The monoisotopic (exact) mass is 1030 g/mol. The average Bonchev–Trinajstić information content (AvgIpc) is 3.34. The van der Waals surface area contributed by atoms with Crippen molar-refractivity contribution < 1.29 is 42.1 Å². The number of unbranched alkanes of at least 4 members (excludes halogenated alkanes) is 25. The largest absolute Gasteiger partial charge is 0.756 e. The smallest absolute Gasteiger partial charge is 0.306 e. The van der Waals surface area contributed by atoms with Crippen molar-refractivity contribution in [1.29, 1.82) is 0 Å². The van der Waals surface area contributed by atoms with Crippen molar-refractivity contribution in [3.63, 3.8) is 0 Å². The minimum Gasteiger partial charge on any atom is -0.756 e. The van der Waals surface area contributed by atoms with Crippen LogP contribution in [-0.2, 0) is 32.7 Å². The first-order valence-electron chi connectivity index (χ1n) is 29.3. The van der Waals surface area contributed by atoms with E-state index in [9.17, 15) is 19.0 Å². The second-order valence-corrected chi connectivity index (χ2v) is 22.0. The molecule has 416 valence electrons. The van der Waals surface area contributed by atoms with Crippen LogP contribution in [0.3, 0.4) is 0 Å². The summed E-state index contributed by atoms with van der Waals surface area (Å²) in [5.41, 5.74) is 0. The van der Waals surface area contributed by atoms with Crippen molar-refractivity contribution in [3.05, 3.63) is 85.1 Å². The Hall–Kier alpha value is -2.81. The van der Waals surface area contributed by atoms with Crippen molar-refractivity contribution in [3.8, 4) is 0 Å². The number of hydrogen-bond acceptors (Lipinski definition) is 8. The van der Waals surface area contributed by atoms with Crippen LogP contribution in [0.1, 0.15) is 245 Å². The van der Waals surface area contributed by atoms with Gasteiger partial charge in [-0.15, -0.1) is 0 Å². The van der Waals surface area contributed by atoms with E-state index >= 15 is 0 Å². The zero-order chi connectivity index (χ0) is 52.7. The summed E-state index contributed by atoms with van der Waals surface area (Å²) in [6.07, 6.45) is 70.5. The molecule has 0 aliphatic heterocycles. The van der Waals surface area contributed by atoms with E-state index in [-0.39, 0.29) is 26.1 Å². The molecular formula is C62H110NO8P. The molecule has 0 N–H and O–H groups in total. The Morgan fingerprint density at radius 1 is 0.444 bits per heavy atom. The number of allylic oxidation sites excluding steroid dienone is 14. The number of likely N-dealkylation sites (N-methyl/N-ethyl adjacent to an activating group) is 1. The van der Waals surface area contributed by atoms with Gasteiger partial charge in [0.1, 0.15) is 19.8 Å². The maximum Gasteiger partial charge on any atom is 0.306 e. The lowest BCUT2D eigenvalue weighted by molar-refractivity contribution is -0.870. The SMILES string of the molecule is CC/C=C\C/C=C\C/C=C\C/C=C\CCCCCCCCCCCCCCCCC(=O)OC(COC(=O)CCCCCCCC/C=C\C/C=C\C/C=C\CCCCCCC)COP(=O)([O-])OCC[N+](C)(C)C. The summed E-state index contributed by atoms with van der Waals surface area (Å²) in [6, 6.07) is 0. The first kappa shape index (κ1) is 69.2. The van der Waals surface area contributed by atoms with Crippen molar-refractivity contribution in [1.82, 2.24) is 0 Å². The first-order valence-corrected chi connectivity index (χ1v) is 30.8. The third-order valence-corrected chi connectivity index (χ3v) is 13.4. The molecule has 2 atom stereocenters. The van der Waals surface area contributed by atoms with Gasteiger partial charge in [-0.05, 0) is 89.9 Å². The van der Waals surface area contributed by atoms with Crippen molar-refractivity contribution >= 4 is 19.8 Å². The maximum absolute atomic E-state index is 12.8. The molecule has 0 aliphatic rings. The molecule has 0 spiro atoms. The molecule has 0 aromatic heterocycles. The lowest BCUT2D eigenvalue weighted by Gasteiger charge is -2.28. The van der Waals surface area contributed by atoms with E-state index < -0.39 is 32.5 Å². The standard InChI is InChI=1S/C62H110NO8P/c1-6-8-10-12-14-16-18-20-22-24-26-28-29-30-31-32-33-35-37-39-41-43-45-47-49-51-53-55-62(65)71-60(59-70-72(66,67)69-57-56-63(3,4)5)58-68-61(64)54-52-50-48-46-44-42-40-38-36-34-27-25-23-21-19-17-15-13-11-9-7-2/h8,10,14,16,19-22,25-28,36,38,60H,6-7,9,11-13,15,17-18,23-24,29-35,37,39-59H2,1-5H3/b10-8-,16-14-,21-19-,22-20-,27-25-,28-26-,38-36-. The molecule has 0 aromatic carbocycles. The average molecular weight is 1030 g/mol. The number of carbonyl (C=O) groups excluding carboxylic acids is 2. The number of nitrogens with zero attached hydrogens (tertiary/aromatic N) is 1. The Morgan fingerprint density at radius 2 is 0.792 bits per heavy atom. The van der Waals surface area contributed by atoms with Crippen molar-refractivity contribution in [2.24, 2.45) is 0 Å². The van der Waals surface area contributed by atoms with E-state index in [1.54, 1.807) is 0 Å². The molecule has 10 heteroatoms. The molecule has 0 radical (unpaired) electrons. The minimum absolute atomic E-state index is 0.0363. The number of phosphoric ester groups is 1. The number of ether oxygens (including phenoxy) is 2. The maximum atomic E-state index is 12.8. The van der Waals surface area contributed by atoms with Gasteiger partial charge in [0.05, 0.1) is 27.7 Å². The third kappa shape index (κ3) is 56.5. The number of carbonyl (C=O) groups is 2.